The van der Waals surface area contributed by atoms with Crippen LogP contribution in [0, 0.1) is 35.5 Å². The topological polar surface area (TPSA) is 52.6 Å². The lowest BCUT2D eigenvalue weighted by atomic mass is 9.75. The first-order chi connectivity index (χ1) is 14.1. The predicted molar refractivity (Wildman–Crippen MR) is 126 cm³/mol. The lowest BCUT2D eigenvalue weighted by molar-refractivity contribution is -0.00419. The van der Waals surface area contributed by atoms with Crippen LogP contribution in [0.25, 0.3) is 0 Å². The molecule has 0 radical (unpaired) electrons. The molecule has 2 saturated carbocycles. The highest BCUT2D eigenvalue weighted by atomic mass is 32.2. The van der Waals surface area contributed by atoms with Crippen LogP contribution < -0.4 is 0 Å². The Morgan fingerprint density at radius 3 is 1.63 bits per heavy atom. The molecule has 1 heterocycles. The first kappa shape index (κ1) is 24.9. The lowest BCUT2D eigenvalue weighted by Crippen LogP contribution is -2.38. The van der Waals surface area contributed by atoms with E-state index in [1.165, 1.54) is 12.8 Å². The Balaban J connectivity index is 1.87. The minimum atomic E-state index is -3.47. The molecule has 0 amide bonds. The highest BCUT2D eigenvalue weighted by Gasteiger charge is 2.49. The molecule has 3 fully saturated rings. The minimum absolute atomic E-state index is 0.0457. The molecule has 0 bridgehead atoms. The molecule has 6 heteroatoms. The van der Waals surface area contributed by atoms with E-state index in [-0.39, 0.29) is 12.2 Å². The van der Waals surface area contributed by atoms with Gasteiger partial charge >= 0.3 is 7.60 Å². The SMILES string of the molecule is CC(C)[C@@H]1CC[C@@H](C)C[C@H]1OP(=O)(O[C@@H]1C[C@H](C)CC[C@H]1C(C)C)[C@@H]1CCCS1=O. The van der Waals surface area contributed by atoms with Gasteiger partial charge in [0, 0.05) is 16.6 Å². The number of hydrogen-bond donors (Lipinski definition) is 0. The van der Waals surface area contributed by atoms with Crippen molar-refractivity contribution in [3.05, 3.63) is 0 Å². The van der Waals surface area contributed by atoms with E-state index < -0.39 is 23.4 Å². The molecular weight excluding hydrogens is 415 g/mol. The highest BCUT2D eigenvalue weighted by molar-refractivity contribution is 7.93. The van der Waals surface area contributed by atoms with Gasteiger partial charge in [-0.2, -0.15) is 0 Å². The van der Waals surface area contributed by atoms with Gasteiger partial charge in [-0.15, -0.1) is 0 Å². The van der Waals surface area contributed by atoms with E-state index in [4.69, 9.17) is 9.05 Å². The molecule has 2 aliphatic carbocycles. The zero-order chi connectivity index (χ0) is 22.1. The fourth-order valence-electron chi connectivity index (χ4n) is 5.98. The average Bonchev–Trinajstić information content (AvgIpc) is 3.08. The molecule has 3 rings (SSSR count). The van der Waals surface area contributed by atoms with Crippen LogP contribution in [0.3, 0.4) is 0 Å². The summed E-state index contributed by atoms with van der Waals surface area (Å²) in [5.74, 6) is 3.56. The summed E-state index contributed by atoms with van der Waals surface area (Å²) in [6, 6.07) is 0. The summed E-state index contributed by atoms with van der Waals surface area (Å²) in [7, 11) is -4.58. The highest BCUT2D eigenvalue weighted by Crippen LogP contribution is 2.62. The van der Waals surface area contributed by atoms with Crippen LogP contribution in [-0.4, -0.2) is 27.2 Å². The molecule has 0 N–H and O–H groups in total. The van der Waals surface area contributed by atoms with Gasteiger partial charge in [-0.25, -0.2) is 0 Å². The summed E-state index contributed by atoms with van der Waals surface area (Å²) in [6.45, 7) is 13.5. The summed E-state index contributed by atoms with van der Waals surface area (Å²) in [5, 5.41) is 0. The van der Waals surface area contributed by atoms with Gasteiger partial charge in [0.2, 0.25) is 0 Å². The number of hydrogen-bond acceptors (Lipinski definition) is 4. The van der Waals surface area contributed by atoms with Crippen LogP contribution in [0.2, 0.25) is 0 Å². The Labute approximate surface area is 187 Å². The summed E-state index contributed by atoms with van der Waals surface area (Å²) < 4.78 is 40.5. The summed E-state index contributed by atoms with van der Waals surface area (Å²) in [6.07, 6.45) is 7.99. The van der Waals surface area contributed by atoms with Crippen molar-refractivity contribution in [3.63, 3.8) is 0 Å². The summed E-state index contributed by atoms with van der Waals surface area (Å²) >= 11 is 0. The van der Waals surface area contributed by atoms with Crippen LogP contribution in [0.5, 0.6) is 0 Å². The molecule has 4 nitrogen and oxygen atoms in total. The van der Waals surface area contributed by atoms with Crippen molar-refractivity contribution < 1.29 is 17.8 Å². The van der Waals surface area contributed by atoms with Crippen molar-refractivity contribution in [1.29, 1.82) is 0 Å². The predicted octanol–water partition coefficient (Wildman–Crippen LogP) is 7.00. The van der Waals surface area contributed by atoms with E-state index in [9.17, 15) is 8.77 Å². The molecule has 8 atom stereocenters. The third-order valence-electron chi connectivity index (χ3n) is 7.94. The van der Waals surface area contributed by atoms with Crippen LogP contribution in [0.1, 0.15) is 92.9 Å². The van der Waals surface area contributed by atoms with Crippen molar-refractivity contribution in [2.45, 2.75) is 110 Å². The molecule has 0 spiro atoms. The fraction of sp³-hybridized carbons (Fsp3) is 1.00. The van der Waals surface area contributed by atoms with Crippen molar-refractivity contribution in [2.24, 2.45) is 35.5 Å². The van der Waals surface area contributed by atoms with Gasteiger partial charge in [-0.1, -0.05) is 54.4 Å². The summed E-state index contributed by atoms with van der Waals surface area (Å²) in [5.41, 5.74) is 0. The first-order valence-corrected chi connectivity index (χ1v) is 15.4. The van der Waals surface area contributed by atoms with Crippen LogP contribution in [0.15, 0.2) is 0 Å². The van der Waals surface area contributed by atoms with E-state index in [2.05, 4.69) is 41.5 Å². The lowest BCUT2D eigenvalue weighted by Gasteiger charge is -2.42. The molecule has 1 unspecified atom stereocenters. The van der Waals surface area contributed by atoms with Gasteiger partial charge < -0.3 is 9.05 Å². The molecule has 176 valence electrons. The van der Waals surface area contributed by atoms with Gasteiger partial charge in [0.1, 0.15) is 4.99 Å². The molecule has 0 aromatic carbocycles. The zero-order valence-electron chi connectivity index (χ0n) is 20.0. The van der Waals surface area contributed by atoms with Crippen LogP contribution in [0.4, 0.5) is 0 Å². The second kappa shape index (κ2) is 10.5. The monoisotopic (exact) mass is 460 g/mol. The Kier molecular flexibility index (Phi) is 8.72. The maximum absolute atomic E-state index is 14.5. The fourth-order valence-corrected chi connectivity index (χ4v) is 11.0. The van der Waals surface area contributed by atoms with Gasteiger partial charge in [-0.3, -0.25) is 8.77 Å². The molecular formula is C24H45O4PS. The van der Waals surface area contributed by atoms with Gasteiger partial charge in [0.25, 0.3) is 0 Å². The van der Waals surface area contributed by atoms with E-state index in [1.807, 2.05) is 0 Å². The second-order valence-electron chi connectivity index (χ2n) is 11.2. The Morgan fingerprint density at radius 1 is 0.800 bits per heavy atom. The van der Waals surface area contributed by atoms with Crippen molar-refractivity contribution in [1.82, 2.24) is 0 Å². The van der Waals surface area contributed by atoms with Crippen molar-refractivity contribution in [3.8, 4) is 0 Å². The maximum atomic E-state index is 14.5. The normalized spacial score (nSPS) is 40.9. The van der Waals surface area contributed by atoms with E-state index in [1.54, 1.807) is 0 Å². The average molecular weight is 461 g/mol. The Bertz CT molecular complexity index is 599. The third kappa shape index (κ3) is 5.80. The van der Waals surface area contributed by atoms with Gasteiger partial charge in [0.15, 0.2) is 0 Å². The van der Waals surface area contributed by atoms with Crippen molar-refractivity contribution >= 4 is 18.4 Å². The maximum Gasteiger partial charge on any atom is 0.346 e. The standard InChI is InChI=1S/C24H45O4PS/c1-16(2)20-11-9-18(5)14-22(20)27-29(25,24-8-7-13-30(24)26)28-23-15-19(6)10-12-21(23)17(3)4/h16-24H,7-15H2,1-6H3/t18-,19-,20+,21+,22-,23-,24+,30?/m1/s1. The second-order valence-corrected chi connectivity index (χ2v) is 15.4. The quantitative estimate of drug-likeness (QED) is 0.384. The van der Waals surface area contributed by atoms with Crippen LogP contribution >= 0.6 is 7.60 Å². The van der Waals surface area contributed by atoms with Crippen LogP contribution in [-0.2, 0) is 24.4 Å². The molecule has 0 aromatic rings. The van der Waals surface area contributed by atoms with Crippen molar-refractivity contribution in [2.75, 3.05) is 5.75 Å². The zero-order valence-corrected chi connectivity index (χ0v) is 21.8. The Hall–Kier alpha value is 0.300. The largest absolute Gasteiger partial charge is 0.346 e. The first-order valence-electron chi connectivity index (χ1n) is 12.4. The smallest absolute Gasteiger partial charge is 0.304 e. The van der Waals surface area contributed by atoms with E-state index in [0.29, 0.717) is 47.7 Å². The molecule has 1 saturated heterocycles. The molecule has 3 aliphatic rings. The van der Waals surface area contributed by atoms with E-state index in [0.717, 1.165) is 32.1 Å². The van der Waals surface area contributed by atoms with E-state index >= 15 is 0 Å². The molecule has 30 heavy (non-hydrogen) atoms. The number of rotatable bonds is 7. The third-order valence-corrected chi connectivity index (χ3v) is 13.0. The Morgan fingerprint density at radius 2 is 1.27 bits per heavy atom. The van der Waals surface area contributed by atoms with Gasteiger partial charge in [-0.05, 0) is 74.0 Å². The molecule has 0 aromatic heterocycles. The molecule has 1 aliphatic heterocycles. The summed E-state index contributed by atoms with van der Waals surface area (Å²) in [4.78, 5) is -0.437. The minimum Gasteiger partial charge on any atom is -0.304 e. The van der Waals surface area contributed by atoms with Gasteiger partial charge in [0.05, 0.1) is 12.2 Å².